The van der Waals surface area contributed by atoms with Gasteiger partial charge in [0, 0.05) is 25.1 Å². The van der Waals surface area contributed by atoms with Crippen LogP contribution >= 0.6 is 11.6 Å². The molecule has 32 heavy (non-hydrogen) atoms. The van der Waals surface area contributed by atoms with Crippen molar-refractivity contribution in [2.75, 3.05) is 7.11 Å². The van der Waals surface area contributed by atoms with Gasteiger partial charge in [0.05, 0.1) is 17.8 Å². The maximum absolute atomic E-state index is 12.5. The molecule has 8 heteroatoms. The Morgan fingerprint density at radius 3 is 2.62 bits per heavy atom. The van der Waals surface area contributed by atoms with Gasteiger partial charge in [-0.15, -0.1) is 0 Å². The van der Waals surface area contributed by atoms with Crippen molar-refractivity contribution in [3.05, 3.63) is 101 Å². The van der Waals surface area contributed by atoms with Crippen LogP contribution in [0.15, 0.2) is 79.3 Å². The first-order chi connectivity index (χ1) is 15.6. The number of benzene rings is 2. The zero-order valence-electron chi connectivity index (χ0n) is 17.4. The third kappa shape index (κ3) is 5.07. The van der Waals surface area contributed by atoms with E-state index in [9.17, 15) is 4.79 Å². The van der Waals surface area contributed by atoms with Gasteiger partial charge >= 0.3 is 0 Å². The van der Waals surface area contributed by atoms with Crippen molar-refractivity contribution < 1.29 is 14.3 Å². The Bertz CT molecular complexity index is 1210. The predicted molar refractivity (Wildman–Crippen MR) is 121 cm³/mol. The average molecular weight is 449 g/mol. The molecule has 2 heterocycles. The van der Waals surface area contributed by atoms with Crippen molar-refractivity contribution >= 4 is 17.5 Å². The summed E-state index contributed by atoms with van der Waals surface area (Å²) in [6.45, 7) is 0.724. The predicted octanol–water partition coefficient (Wildman–Crippen LogP) is 4.44. The molecule has 0 radical (unpaired) electrons. The lowest BCUT2D eigenvalue weighted by Crippen LogP contribution is -2.23. The van der Waals surface area contributed by atoms with E-state index in [1.54, 1.807) is 42.5 Å². The molecule has 0 fully saturated rings. The number of hydrogen-bond acceptors (Lipinski definition) is 5. The second kappa shape index (κ2) is 9.98. The first-order valence-corrected chi connectivity index (χ1v) is 10.3. The SMILES string of the molecule is COc1cc(CNC(=O)c2ccn(-c3ccccc3Cl)n2)ccc1OCc1ccncc1. The number of methoxy groups -OCH3 is 1. The molecule has 2 aromatic heterocycles. The van der Waals surface area contributed by atoms with E-state index in [2.05, 4.69) is 15.4 Å². The van der Waals surface area contributed by atoms with Crippen LogP contribution in [0, 0.1) is 0 Å². The Balaban J connectivity index is 1.38. The minimum atomic E-state index is -0.284. The number of rotatable bonds is 8. The molecule has 4 aromatic rings. The van der Waals surface area contributed by atoms with E-state index in [0.29, 0.717) is 41.1 Å². The van der Waals surface area contributed by atoms with Crippen LogP contribution in [-0.4, -0.2) is 27.8 Å². The molecule has 7 nitrogen and oxygen atoms in total. The highest BCUT2D eigenvalue weighted by molar-refractivity contribution is 6.32. The Kier molecular flexibility index (Phi) is 6.67. The van der Waals surface area contributed by atoms with Crippen LogP contribution in [0.1, 0.15) is 21.6 Å². The molecule has 0 atom stereocenters. The molecule has 1 N–H and O–H groups in total. The molecule has 0 unspecified atom stereocenters. The number of hydrogen-bond donors (Lipinski definition) is 1. The van der Waals surface area contributed by atoms with Crippen molar-refractivity contribution in [3.63, 3.8) is 0 Å². The average Bonchev–Trinajstić information content (AvgIpc) is 3.32. The summed E-state index contributed by atoms with van der Waals surface area (Å²) in [5, 5.41) is 7.75. The summed E-state index contributed by atoms with van der Waals surface area (Å²) in [7, 11) is 1.58. The van der Waals surface area contributed by atoms with E-state index in [-0.39, 0.29) is 5.91 Å². The van der Waals surface area contributed by atoms with Crippen LogP contribution in [0.3, 0.4) is 0 Å². The van der Waals surface area contributed by atoms with Crippen molar-refractivity contribution in [3.8, 4) is 17.2 Å². The number of nitrogens with one attached hydrogen (secondary N) is 1. The Labute approximate surface area is 190 Å². The van der Waals surface area contributed by atoms with Gasteiger partial charge < -0.3 is 14.8 Å². The highest BCUT2D eigenvalue weighted by Gasteiger charge is 2.12. The number of aromatic nitrogens is 3. The van der Waals surface area contributed by atoms with E-state index >= 15 is 0 Å². The lowest BCUT2D eigenvalue weighted by molar-refractivity contribution is 0.0945. The van der Waals surface area contributed by atoms with Crippen LogP contribution in [0.4, 0.5) is 0 Å². The monoisotopic (exact) mass is 448 g/mol. The van der Waals surface area contributed by atoms with Gasteiger partial charge in [-0.1, -0.05) is 29.8 Å². The van der Waals surface area contributed by atoms with Crippen LogP contribution in [0.2, 0.25) is 5.02 Å². The highest BCUT2D eigenvalue weighted by atomic mass is 35.5. The third-order valence-electron chi connectivity index (χ3n) is 4.75. The topological polar surface area (TPSA) is 78.3 Å². The summed E-state index contributed by atoms with van der Waals surface area (Å²) in [5.74, 6) is 0.930. The van der Waals surface area contributed by atoms with E-state index in [0.717, 1.165) is 11.1 Å². The summed E-state index contributed by atoms with van der Waals surface area (Å²) in [6.07, 6.45) is 5.15. The standard InChI is InChI=1S/C24H21ClN4O3/c1-31-23-14-18(6-7-22(23)32-16-17-8-11-26-12-9-17)15-27-24(30)20-10-13-29(28-20)21-5-3-2-4-19(21)25/h2-14H,15-16H2,1H3,(H,27,30). The maximum atomic E-state index is 12.5. The molecule has 162 valence electrons. The Morgan fingerprint density at radius 2 is 1.84 bits per heavy atom. The fourth-order valence-electron chi connectivity index (χ4n) is 3.07. The molecular weight excluding hydrogens is 428 g/mol. The van der Waals surface area contributed by atoms with Crippen LogP contribution < -0.4 is 14.8 Å². The van der Waals surface area contributed by atoms with E-state index < -0.39 is 0 Å². The summed E-state index contributed by atoms with van der Waals surface area (Å²) < 4.78 is 12.9. The molecular formula is C24H21ClN4O3. The minimum absolute atomic E-state index is 0.284. The first-order valence-electron chi connectivity index (χ1n) is 9.91. The Morgan fingerprint density at radius 1 is 1.03 bits per heavy atom. The fourth-order valence-corrected chi connectivity index (χ4v) is 3.29. The van der Waals surface area contributed by atoms with Crippen LogP contribution in [-0.2, 0) is 13.2 Å². The molecule has 0 saturated carbocycles. The number of para-hydroxylation sites is 1. The third-order valence-corrected chi connectivity index (χ3v) is 5.07. The second-order valence-corrected chi connectivity index (χ2v) is 7.32. The smallest absolute Gasteiger partial charge is 0.272 e. The van der Waals surface area contributed by atoms with Gasteiger partial charge in [-0.25, -0.2) is 4.68 Å². The lowest BCUT2D eigenvalue weighted by Gasteiger charge is -2.12. The van der Waals surface area contributed by atoms with Gasteiger partial charge in [0.25, 0.3) is 5.91 Å². The van der Waals surface area contributed by atoms with Gasteiger partial charge in [-0.2, -0.15) is 5.10 Å². The van der Waals surface area contributed by atoms with Gasteiger partial charge in [-0.05, 0) is 53.6 Å². The van der Waals surface area contributed by atoms with Gasteiger partial charge in [0.2, 0.25) is 0 Å². The molecule has 1 amide bonds. The van der Waals surface area contributed by atoms with Crippen molar-refractivity contribution in [2.45, 2.75) is 13.2 Å². The molecule has 0 saturated heterocycles. The molecule has 0 aliphatic rings. The highest BCUT2D eigenvalue weighted by Crippen LogP contribution is 2.29. The van der Waals surface area contributed by atoms with Gasteiger partial charge in [0.1, 0.15) is 6.61 Å². The van der Waals surface area contributed by atoms with Crippen LogP contribution in [0.25, 0.3) is 5.69 Å². The molecule has 2 aromatic carbocycles. The first kappa shape index (κ1) is 21.4. The zero-order valence-corrected chi connectivity index (χ0v) is 18.1. The molecule has 0 aliphatic carbocycles. The fraction of sp³-hybridized carbons (Fsp3) is 0.125. The molecule has 0 spiro atoms. The molecule has 0 bridgehead atoms. The Hall–Kier alpha value is -3.84. The maximum Gasteiger partial charge on any atom is 0.272 e. The molecule has 0 aliphatic heterocycles. The minimum Gasteiger partial charge on any atom is -0.493 e. The number of amides is 1. The number of carbonyl (C=O) groups is 1. The lowest BCUT2D eigenvalue weighted by atomic mass is 10.2. The number of nitrogens with zero attached hydrogens (tertiary/aromatic N) is 3. The quantitative estimate of drug-likeness (QED) is 0.431. The normalized spacial score (nSPS) is 10.6. The molecule has 4 rings (SSSR count). The van der Waals surface area contributed by atoms with Crippen LogP contribution in [0.5, 0.6) is 11.5 Å². The summed E-state index contributed by atoms with van der Waals surface area (Å²) >= 11 is 6.20. The number of carbonyl (C=O) groups excluding carboxylic acids is 1. The zero-order chi connectivity index (χ0) is 22.3. The number of pyridine rings is 1. The van der Waals surface area contributed by atoms with E-state index in [4.69, 9.17) is 21.1 Å². The number of halogens is 1. The van der Waals surface area contributed by atoms with Crippen molar-refractivity contribution in [2.24, 2.45) is 0 Å². The largest absolute Gasteiger partial charge is 0.493 e. The summed E-state index contributed by atoms with van der Waals surface area (Å²) in [6, 6.07) is 18.3. The van der Waals surface area contributed by atoms with Crippen molar-refractivity contribution in [1.29, 1.82) is 0 Å². The van der Waals surface area contributed by atoms with Gasteiger partial charge in [-0.3, -0.25) is 9.78 Å². The van der Waals surface area contributed by atoms with E-state index in [1.165, 1.54) is 0 Å². The second-order valence-electron chi connectivity index (χ2n) is 6.91. The summed E-state index contributed by atoms with van der Waals surface area (Å²) in [4.78, 5) is 16.5. The number of ether oxygens (including phenoxy) is 2. The van der Waals surface area contributed by atoms with Gasteiger partial charge in [0.15, 0.2) is 17.2 Å². The van der Waals surface area contributed by atoms with Crippen molar-refractivity contribution in [1.82, 2.24) is 20.1 Å². The summed E-state index contributed by atoms with van der Waals surface area (Å²) in [5.41, 5.74) is 2.89. The van der Waals surface area contributed by atoms with E-state index in [1.807, 2.05) is 48.5 Å².